The van der Waals surface area contributed by atoms with E-state index in [1.807, 2.05) is 0 Å². The molecule has 0 fully saturated rings. The lowest BCUT2D eigenvalue weighted by molar-refractivity contribution is -0.385. The molecule has 10 heteroatoms. The molecule has 116 valence electrons. The number of nitrogens with zero attached hydrogens (tertiary/aromatic N) is 1. The Labute approximate surface area is 121 Å². The van der Waals surface area contributed by atoms with E-state index >= 15 is 0 Å². The normalized spacial score (nSPS) is 11.0. The summed E-state index contributed by atoms with van der Waals surface area (Å²) in [5, 5.41) is 18.0. The number of amides is 1. The van der Waals surface area contributed by atoms with Crippen molar-refractivity contribution in [2.24, 2.45) is 5.14 Å². The molecule has 21 heavy (non-hydrogen) atoms. The molecule has 0 heterocycles. The maximum Gasteiger partial charge on any atom is 0.311 e. The Kier molecular flexibility index (Phi) is 5.61. The molecule has 9 nitrogen and oxygen atoms in total. The topological polar surface area (TPSA) is 142 Å². The lowest BCUT2D eigenvalue weighted by Crippen LogP contribution is -2.31. The van der Waals surface area contributed by atoms with Gasteiger partial charge < -0.3 is 10.1 Å². The van der Waals surface area contributed by atoms with Gasteiger partial charge in [-0.05, 0) is 13.0 Å². The molecule has 1 aromatic rings. The van der Waals surface area contributed by atoms with Crippen molar-refractivity contribution in [2.45, 2.75) is 6.92 Å². The third-order valence-electron chi connectivity index (χ3n) is 2.40. The predicted molar refractivity (Wildman–Crippen MR) is 74.6 cm³/mol. The van der Waals surface area contributed by atoms with Gasteiger partial charge in [0.15, 0.2) is 0 Å². The summed E-state index contributed by atoms with van der Waals surface area (Å²) in [6, 6.07) is 3.91. The van der Waals surface area contributed by atoms with Crippen LogP contribution in [0.5, 0.6) is 5.75 Å². The molecule has 0 atom stereocenters. The highest BCUT2D eigenvalue weighted by molar-refractivity contribution is 7.89. The standard InChI is InChI=1S/C11H15N3O6S/c1-2-20-10-8(4-3-5-9(10)14(16)17)11(15)13-6-7-21(12,18)19/h3-5H,2,6-7H2,1H3,(H,13,15)(H2,12,18,19). The second kappa shape index (κ2) is 6.99. The first-order valence-electron chi connectivity index (χ1n) is 5.95. The van der Waals surface area contributed by atoms with Crippen LogP contribution in [0.2, 0.25) is 0 Å². The molecule has 0 radical (unpaired) electrons. The first-order valence-corrected chi connectivity index (χ1v) is 7.66. The zero-order valence-electron chi connectivity index (χ0n) is 11.2. The number of nitrogens with two attached hydrogens (primary N) is 1. The number of rotatable bonds is 7. The third kappa shape index (κ3) is 5.00. The average molecular weight is 317 g/mol. The summed E-state index contributed by atoms with van der Waals surface area (Å²) in [5.74, 6) is -1.26. The van der Waals surface area contributed by atoms with Crippen LogP contribution in [-0.4, -0.2) is 38.2 Å². The molecular weight excluding hydrogens is 302 g/mol. The predicted octanol–water partition coefficient (Wildman–Crippen LogP) is 0.0118. The van der Waals surface area contributed by atoms with E-state index in [9.17, 15) is 23.3 Å². The minimum atomic E-state index is -3.70. The van der Waals surface area contributed by atoms with E-state index in [0.717, 1.165) is 0 Å². The molecule has 0 aromatic heterocycles. The molecule has 1 amide bonds. The van der Waals surface area contributed by atoms with Gasteiger partial charge in [-0.1, -0.05) is 6.07 Å². The first-order chi connectivity index (χ1) is 9.76. The maximum atomic E-state index is 12.0. The van der Waals surface area contributed by atoms with Gasteiger partial charge in [-0.3, -0.25) is 14.9 Å². The van der Waals surface area contributed by atoms with Gasteiger partial charge in [0.05, 0.1) is 22.8 Å². The van der Waals surface area contributed by atoms with E-state index in [2.05, 4.69) is 5.32 Å². The molecule has 0 unspecified atom stereocenters. The van der Waals surface area contributed by atoms with Crippen molar-refractivity contribution in [2.75, 3.05) is 18.9 Å². The minimum absolute atomic E-state index is 0.0412. The van der Waals surface area contributed by atoms with Crippen LogP contribution in [-0.2, 0) is 10.0 Å². The highest BCUT2D eigenvalue weighted by Crippen LogP contribution is 2.30. The second-order valence-electron chi connectivity index (χ2n) is 3.97. The van der Waals surface area contributed by atoms with E-state index in [1.165, 1.54) is 18.2 Å². The molecule has 1 rings (SSSR count). The Balaban J connectivity index is 2.98. The van der Waals surface area contributed by atoms with Crippen molar-refractivity contribution < 1.29 is 22.9 Å². The number of benzene rings is 1. The largest absolute Gasteiger partial charge is 0.487 e. The summed E-state index contributed by atoms with van der Waals surface area (Å²) < 4.78 is 26.7. The lowest BCUT2D eigenvalue weighted by Gasteiger charge is -2.10. The van der Waals surface area contributed by atoms with Crippen molar-refractivity contribution in [3.63, 3.8) is 0 Å². The number of ether oxygens (including phenoxy) is 1. The highest BCUT2D eigenvalue weighted by Gasteiger charge is 2.22. The number of carbonyl (C=O) groups is 1. The summed E-state index contributed by atoms with van der Waals surface area (Å²) in [5.41, 5.74) is -0.378. The van der Waals surface area contributed by atoms with Gasteiger partial charge >= 0.3 is 5.69 Å². The van der Waals surface area contributed by atoms with Crippen molar-refractivity contribution in [3.8, 4) is 5.75 Å². The molecule has 0 aliphatic rings. The van der Waals surface area contributed by atoms with E-state index in [1.54, 1.807) is 6.92 Å². The summed E-state index contributed by atoms with van der Waals surface area (Å²) >= 11 is 0. The van der Waals surface area contributed by atoms with Crippen molar-refractivity contribution in [3.05, 3.63) is 33.9 Å². The first kappa shape index (κ1) is 16.9. The Morgan fingerprint density at radius 2 is 2.14 bits per heavy atom. The number of sulfonamides is 1. The smallest absolute Gasteiger partial charge is 0.311 e. The molecule has 1 aromatic carbocycles. The van der Waals surface area contributed by atoms with Gasteiger partial charge in [0.2, 0.25) is 15.8 Å². The molecule has 0 aliphatic carbocycles. The van der Waals surface area contributed by atoms with E-state index in [-0.39, 0.29) is 30.2 Å². The van der Waals surface area contributed by atoms with Crippen molar-refractivity contribution in [1.29, 1.82) is 0 Å². The highest BCUT2D eigenvalue weighted by atomic mass is 32.2. The molecule has 3 N–H and O–H groups in total. The van der Waals surface area contributed by atoms with Crippen LogP contribution in [0.4, 0.5) is 5.69 Å². The molecule has 0 aliphatic heterocycles. The number of hydrogen-bond acceptors (Lipinski definition) is 6. The Hall–Kier alpha value is -2.20. The number of para-hydroxylation sites is 1. The lowest BCUT2D eigenvalue weighted by atomic mass is 10.1. The summed E-state index contributed by atoms with van der Waals surface area (Å²) in [6.07, 6.45) is 0. The van der Waals surface area contributed by atoms with Crippen LogP contribution >= 0.6 is 0 Å². The Morgan fingerprint density at radius 3 is 2.67 bits per heavy atom. The SMILES string of the molecule is CCOc1c(C(=O)NCCS(N)(=O)=O)cccc1[N+](=O)[O-]. The van der Waals surface area contributed by atoms with Crippen LogP contribution in [0.1, 0.15) is 17.3 Å². The van der Waals surface area contributed by atoms with Gasteiger partial charge in [-0.2, -0.15) is 0 Å². The van der Waals surface area contributed by atoms with E-state index in [0.29, 0.717) is 0 Å². The van der Waals surface area contributed by atoms with Gasteiger partial charge in [-0.15, -0.1) is 0 Å². The summed E-state index contributed by atoms with van der Waals surface area (Å²) in [7, 11) is -3.70. The van der Waals surface area contributed by atoms with Crippen LogP contribution in [0.3, 0.4) is 0 Å². The quantitative estimate of drug-likeness (QED) is 0.536. The number of carbonyl (C=O) groups excluding carboxylic acids is 1. The number of nitro groups is 1. The Morgan fingerprint density at radius 1 is 1.48 bits per heavy atom. The fourth-order valence-electron chi connectivity index (χ4n) is 1.55. The van der Waals surface area contributed by atoms with Crippen molar-refractivity contribution >= 4 is 21.6 Å². The van der Waals surface area contributed by atoms with Crippen LogP contribution in [0.25, 0.3) is 0 Å². The molecule has 0 bridgehead atoms. The molecule has 0 saturated heterocycles. The second-order valence-corrected chi connectivity index (χ2v) is 5.70. The molecule has 0 spiro atoms. The van der Waals surface area contributed by atoms with Crippen molar-refractivity contribution in [1.82, 2.24) is 5.32 Å². The van der Waals surface area contributed by atoms with Crippen LogP contribution < -0.4 is 15.2 Å². The summed E-state index contributed by atoms with van der Waals surface area (Å²) in [6.45, 7) is 1.56. The molecular formula is C11H15N3O6S. The Bertz CT molecular complexity index is 643. The van der Waals surface area contributed by atoms with Gasteiger partial charge in [0.1, 0.15) is 0 Å². The van der Waals surface area contributed by atoms with Crippen LogP contribution in [0.15, 0.2) is 18.2 Å². The van der Waals surface area contributed by atoms with Gasteiger partial charge in [0.25, 0.3) is 5.91 Å². The maximum absolute atomic E-state index is 12.0. The van der Waals surface area contributed by atoms with Gasteiger partial charge in [0, 0.05) is 12.6 Å². The number of hydrogen-bond donors (Lipinski definition) is 2. The monoisotopic (exact) mass is 317 g/mol. The number of primary sulfonamides is 1. The van der Waals surface area contributed by atoms with E-state index in [4.69, 9.17) is 9.88 Å². The molecule has 0 saturated carbocycles. The fourth-order valence-corrected chi connectivity index (χ4v) is 1.93. The van der Waals surface area contributed by atoms with Gasteiger partial charge in [-0.25, -0.2) is 13.6 Å². The third-order valence-corrected chi connectivity index (χ3v) is 3.17. The zero-order valence-corrected chi connectivity index (χ0v) is 12.1. The number of nitro benzene ring substituents is 1. The number of nitrogens with one attached hydrogen (secondary N) is 1. The van der Waals surface area contributed by atoms with Crippen LogP contribution in [0, 0.1) is 10.1 Å². The van der Waals surface area contributed by atoms with E-state index < -0.39 is 26.6 Å². The minimum Gasteiger partial charge on any atom is -0.487 e. The zero-order chi connectivity index (χ0) is 16.0. The average Bonchev–Trinajstić information content (AvgIpc) is 2.37. The fraction of sp³-hybridized carbons (Fsp3) is 0.364. The summed E-state index contributed by atoms with van der Waals surface area (Å²) in [4.78, 5) is 22.2.